The minimum absolute atomic E-state index is 0.0707. The van der Waals surface area contributed by atoms with Gasteiger partial charge in [-0.15, -0.1) is 11.3 Å². The van der Waals surface area contributed by atoms with E-state index in [0.717, 1.165) is 4.31 Å². The number of aromatic nitrogens is 1. The van der Waals surface area contributed by atoms with Crippen molar-refractivity contribution in [2.24, 2.45) is 0 Å². The van der Waals surface area contributed by atoms with Gasteiger partial charge in [-0.05, 0) is 42.5 Å². The van der Waals surface area contributed by atoms with Crippen molar-refractivity contribution in [1.82, 2.24) is 9.29 Å². The van der Waals surface area contributed by atoms with Gasteiger partial charge >= 0.3 is 5.97 Å². The second kappa shape index (κ2) is 10.1. The number of carbonyl (C=O) groups is 1. The van der Waals surface area contributed by atoms with Crippen LogP contribution in [0.5, 0.6) is 11.5 Å². The molecule has 0 aliphatic rings. The van der Waals surface area contributed by atoms with Gasteiger partial charge in [0.15, 0.2) is 0 Å². The number of hydrogen-bond acceptors (Lipinski definition) is 8. The molecule has 0 spiro atoms. The molecule has 8 nitrogen and oxygen atoms in total. The van der Waals surface area contributed by atoms with E-state index in [1.165, 1.54) is 75.0 Å². The lowest BCUT2D eigenvalue weighted by molar-refractivity contribution is 0.0467. The molecule has 0 saturated carbocycles. The first kappa shape index (κ1) is 23.6. The first-order valence-electron chi connectivity index (χ1n) is 9.30. The van der Waals surface area contributed by atoms with Crippen molar-refractivity contribution in [2.45, 2.75) is 18.1 Å². The summed E-state index contributed by atoms with van der Waals surface area (Å²) in [6.45, 7) is 0.0994. The summed E-state index contributed by atoms with van der Waals surface area (Å²) in [5.41, 5.74) is 0.594. The summed E-state index contributed by atoms with van der Waals surface area (Å²) >= 11 is 1.33. The van der Waals surface area contributed by atoms with E-state index in [1.807, 2.05) is 0 Å². The third-order valence-electron chi connectivity index (χ3n) is 4.28. The van der Waals surface area contributed by atoms with Gasteiger partial charge in [0, 0.05) is 19.5 Å². The Labute approximate surface area is 189 Å². The van der Waals surface area contributed by atoms with Gasteiger partial charge in [-0.1, -0.05) is 0 Å². The van der Waals surface area contributed by atoms with E-state index < -0.39 is 16.0 Å². The van der Waals surface area contributed by atoms with Crippen molar-refractivity contribution in [2.75, 3.05) is 21.2 Å². The summed E-state index contributed by atoms with van der Waals surface area (Å²) < 4.78 is 54.9. The van der Waals surface area contributed by atoms with Crippen LogP contribution in [0.25, 0.3) is 0 Å². The summed E-state index contributed by atoms with van der Waals surface area (Å²) in [7, 11) is 0.309. The normalized spacial score (nSPS) is 11.4. The van der Waals surface area contributed by atoms with E-state index in [-0.39, 0.29) is 35.2 Å². The molecule has 1 heterocycles. The van der Waals surface area contributed by atoms with Crippen molar-refractivity contribution < 1.29 is 31.8 Å². The number of thiazole rings is 1. The minimum atomic E-state index is -3.82. The van der Waals surface area contributed by atoms with Crippen LogP contribution in [0, 0.1) is 5.82 Å². The first-order valence-corrected chi connectivity index (χ1v) is 11.6. The standard InChI is InChI=1S/C21H21FN2O6S2/c1-24(2)32(26,27)19-10-14(4-9-18(19)28-3)21(25)30-11-16-13-31-20(23-16)12-29-17-7-5-15(22)6-8-17/h4-10,13H,11-12H2,1-3H3. The average Bonchev–Trinajstić information content (AvgIpc) is 3.24. The van der Waals surface area contributed by atoms with Crippen LogP contribution in [0.2, 0.25) is 0 Å². The van der Waals surface area contributed by atoms with Crippen LogP contribution in [0.4, 0.5) is 4.39 Å². The summed E-state index contributed by atoms with van der Waals surface area (Å²) in [6, 6.07) is 9.70. The van der Waals surface area contributed by atoms with Gasteiger partial charge in [-0.25, -0.2) is 26.9 Å². The second-order valence-corrected chi connectivity index (χ2v) is 9.77. The number of methoxy groups -OCH3 is 1. The molecule has 0 aliphatic carbocycles. The van der Waals surface area contributed by atoms with Crippen LogP contribution >= 0.6 is 11.3 Å². The average molecular weight is 481 g/mol. The molecule has 0 fully saturated rings. The van der Waals surface area contributed by atoms with E-state index in [2.05, 4.69) is 4.98 Å². The quantitative estimate of drug-likeness (QED) is 0.433. The van der Waals surface area contributed by atoms with Gasteiger partial charge in [0.2, 0.25) is 10.0 Å². The topological polar surface area (TPSA) is 95.0 Å². The lowest BCUT2D eigenvalue weighted by Crippen LogP contribution is -2.23. The molecule has 3 rings (SSSR count). The molecule has 0 amide bonds. The number of carbonyl (C=O) groups excluding carboxylic acids is 1. The smallest absolute Gasteiger partial charge is 0.338 e. The van der Waals surface area contributed by atoms with Crippen LogP contribution in [0.3, 0.4) is 0 Å². The highest BCUT2D eigenvalue weighted by atomic mass is 32.2. The molecular formula is C21H21FN2O6S2. The van der Waals surface area contributed by atoms with Gasteiger partial charge in [-0.2, -0.15) is 0 Å². The maximum absolute atomic E-state index is 12.9. The van der Waals surface area contributed by atoms with Crippen LogP contribution < -0.4 is 9.47 Å². The number of nitrogens with zero attached hydrogens (tertiary/aromatic N) is 2. The third kappa shape index (κ3) is 5.61. The highest BCUT2D eigenvalue weighted by Crippen LogP contribution is 2.27. The van der Waals surface area contributed by atoms with Gasteiger partial charge in [-0.3, -0.25) is 0 Å². The Morgan fingerprint density at radius 1 is 1.12 bits per heavy atom. The van der Waals surface area contributed by atoms with Crippen LogP contribution in [0.15, 0.2) is 52.7 Å². The maximum Gasteiger partial charge on any atom is 0.338 e. The fourth-order valence-corrected chi connectivity index (χ4v) is 4.35. The number of benzene rings is 2. The number of ether oxygens (including phenoxy) is 3. The highest BCUT2D eigenvalue weighted by molar-refractivity contribution is 7.89. The molecule has 0 atom stereocenters. The van der Waals surface area contributed by atoms with Crippen LogP contribution in [-0.4, -0.2) is 44.9 Å². The molecule has 0 bridgehead atoms. The molecule has 11 heteroatoms. The van der Waals surface area contributed by atoms with Crippen LogP contribution in [0.1, 0.15) is 21.1 Å². The van der Waals surface area contributed by atoms with Crippen molar-refractivity contribution in [3.8, 4) is 11.5 Å². The Balaban J connectivity index is 1.63. The van der Waals surface area contributed by atoms with Gasteiger partial charge < -0.3 is 14.2 Å². The van der Waals surface area contributed by atoms with Crippen molar-refractivity contribution in [3.05, 3.63) is 69.9 Å². The lowest BCUT2D eigenvalue weighted by atomic mass is 10.2. The SMILES string of the molecule is COc1ccc(C(=O)OCc2csc(COc3ccc(F)cc3)n2)cc1S(=O)(=O)N(C)C. The maximum atomic E-state index is 12.9. The van der Waals surface area contributed by atoms with Gasteiger partial charge in [0.05, 0.1) is 18.4 Å². The Bertz CT molecular complexity index is 1190. The third-order valence-corrected chi connectivity index (χ3v) is 6.99. The van der Waals surface area contributed by atoms with E-state index >= 15 is 0 Å². The van der Waals surface area contributed by atoms with E-state index in [0.29, 0.717) is 16.5 Å². The molecule has 32 heavy (non-hydrogen) atoms. The number of rotatable bonds is 9. The predicted octanol–water partition coefficient (Wildman–Crippen LogP) is 3.48. The molecular weight excluding hydrogens is 459 g/mol. The zero-order valence-corrected chi connectivity index (χ0v) is 19.2. The number of sulfonamides is 1. The summed E-state index contributed by atoms with van der Waals surface area (Å²) in [5, 5.41) is 2.39. The molecule has 0 unspecified atom stereocenters. The van der Waals surface area contributed by atoms with E-state index in [1.54, 1.807) is 5.38 Å². The summed E-state index contributed by atoms with van der Waals surface area (Å²) in [5.74, 6) is -0.405. The minimum Gasteiger partial charge on any atom is -0.495 e. The first-order chi connectivity index (χ1) is 15.2. The fraction of sp³-hybridized carbons (Fsp3) is 0.238. The van der Waals surface area contributed by atoms with Crippen molar-refractivity contribution >= 4 is 27.3 Å². The number of esters is 1. The molecule has 0 N–H and O–H groups in total. The molecule has 3 aromatic rings. The second-order valence-electron chi connectivity index (χ2n) is 6.70. The van der Waals surface area contributed by atoms with E-state index in [4.69, 9.17) is 14.2 Å². The number of halogens is 1. The zero-order valence-electron chi connectivity index (χ0n) is 17.6. The van der Waals surface area contributed by atoms with Crippen molar-refractivity contribution in [3.63, 3.8) is 0 Å². The Morgan fingerprint density at radius 3 is 2.50 bits per heavy atom. The molecule has 170 valence electrons. The van der Waals surface area contributed by atoms with Gasteiger partial charge in [0.25, 0.3) is 0 Å². The highest BCUT2D eigenvalue weighted by Gasteiger charge is 2.24. The fourth-order valence-electron chi connectivity index (χ4n) is 2.58. The summed E-state index contributed by atoms with van der Waals surface area (Å²) in [6.07, 6.45) is 0. The van der Waals surface area contributed by atoms with Crippen molar-refractivity contribution in [1.29, 1.82) is 0 Å². The Kier molecular flexibility index (Phi) is 7.44. The monoisotopic (exact) mass is 480 g/mol. The number of hydrogen-bond donors (Lipinski definition) is 0. The molecule has 1 aromatic heterocycles. The molecule has 0 radical (unpaired) electrons. The lowest BCUT2D eigenvalue weighted by Gasteiger charge is -2.15. The van der Waals surface area contributed by atoms with E-state index in [9.17, 15) is 17.6 Å². The zero-order chi connectivity index (χ0) is 23.3. The van der Waals surface area contributed by atoms with Crippen LogP contribution in [-0.2, 0) is 28.0 Å². The Morgan fingerprint density at radius 2 is 1.84 bits per heavy atom. The predicted molar refractivity (Wildman–Crippen MR) is 116 cm³/mol. The summed E-state index contributed by atoms with van der Waals surface area (Å²) in [4.78, 5) is 16.7. The van der Waals surface area contributed by atoms with Gasteiger partial charge in [0.1, 0.15) is 40.4 Å². The molecule has 0 aliphatic heterocycles. The Hall–Kier alpha value is -3.02. The largest absolute Gasteiger partial charge is 0.495 e. The molecule has 0 saturated heterocycles. The molecule has 2 aromatic carbocycles.